The number of carbonyl (C=O) groups is 2. The molecule has 162 valence electrons. The summed E-state index contributed by atoms with van der Waals surface area (Å²) in [6, 6.07) is 7.31. The molecule has 0 unspecified atom stereocenters. The number of nitrogens with zero attached hydrogens (tertiary/aromatic N) is 2. The molecule has 2 aromatic heterocycles. The maximum Gasteiger partial charge on any atom is 0.349 e. The first-order chi connectivity index (χ1) is 14.9. The predicted molar refractivity (Wildman–Crippen MR) is 117 cm³/mol. The number of amides is 1. The molecule has 3 heterocycles. The minimum Gasteiger partial charge on any atom is -0.497 e. The summed E-state index contributed by atoms with van der Waals surface area (Å²) in [4.78, 5) is 43.3. The summed E-state index contributed by atoms with van der Waals surface area (Å²) in [5, 5.41) is 3.21. The van der Waals surface area contributed by atoms with E-state index in [1.165, 1.54) is 6.92 Å². The van der Waals surface area contributed by atoms with Crippen LogP contribution in [0.1, 0.15) is 40.0 Å². The van der Waals surface area contributed by atoms with Gasteiger partial charge in [0.25, 0.3) is 11.5 Å². The highest BCUT2D eigenvalue weighted by Crippen LogP contribution is 2.29. The van der Waals surface area contributed by atoms with Crippen LogP contribution < -0.4 is 15.6 Å². The Balaban J connectivity index is 1.44. The average molecular weight is 442 g/mol. The van der Waals surface area contributed by atoms with Crippen molar-refractivity contribution in [3.63, 3.8) is 0 Å². The molecular formula is C22H23N3O5S. The summed E-state index contributed by atoms with van der Waals surface area (Å²) in [7, 11) is 1.59. The lowest BCUT2D eigenvalue weighted by Gasteiger charge is -2.13. The van der Waals surface area contributed by atoms with Gasteiger partial charge in [-0.25, -0.2) is 9.78 Å². The van der Waals surface area contributed by atoms with Gasteiger partial charge in [0.1, 0.15) is 21.3 Å². The van der Waals surface area contributed by atoms with E-state index in [2.05, 4.69) is 10.3 Å². The summed E-state index contributed by atoms with van der Waals surface area (Å²) in [5.74, 6) is 0.456. The Bertz CT molecular complexity index is 1210. The van der Waals surface area contributed by atoms with Crippen molar-refractivity contribution >= 4 is 33.4 Å². The van der Waals surface area contributed by atoms with Crippen molar-refractivity contribution in [2.75, 3.05) is 7.11 Å². The number of benzene rings is 1. The summed E-state index contributed by atoms with van der Waals surface area (Å²) in [6.45, 7) is 4.19. The van der Waals surface area contributed by atoms with Gasteiger partial charge in [0.05, 0.1) is 12.5 Å². The van der Waals surface area contributed by atoms with Crippen molar-refractivity contribution in [3.05, 3.63) is 56.4 Å². The van der Waals surface area contributed by atoms with Gasteiger partial charge in [0, 0.05) is 19.5 Å². The van der Waals surface area contributed by atoms with Gasteiger partial charge >= 0.3 is 5.97 Å². The summed E-state index contributed by atoms with van der Waals surface area (Å²) < 4.78 is 12.2. The monoisotopic (exact) mass is 441 g/mol. The van der Waals surface area contributed by atoms with Crippen LogP contribution in [0.2, 0.25) is 0 Å². The molecule has 0 radical (unpaired) electrons. The van der Waals surface area contributed by atoms with Crippen LogP contribution in [0.15, 0.2) is 29.1 Å². The third-order valence-electron chi connectivity index (χ3n) is 5.38. The smallest absolute Gasteiger partial charge is 0.349 e. The van der Waals surface area contributed by atoms with Crippen LogP contribution in [-0.4, -0.2) is 34.6 Å². The summed E-state index contributed by atoms with van der Waals surface area (Å²) in [6.07, 6.45) is 0.679. The van der Waals surface area contributed by atoms with E-state index in [9.17, 15) is 14.4 Å². The molecule has 0 aliphatic carbocycles. The van der Waals surface area contributed by atoms with Crippen molar-refractivity contribution in [2.45, 2.75) is 45.9 Å². The molecule has 0 bridgehead atoms. The highest BCUT2D eigenvalue weighted by atomic mass is 32.1. The molecule has 3 aromatic rings. The van der Waals surface area contributed by atoms with Crippen molar-refractivity contribution in [1.82, 2.24) is 14.9 Å². The van der Waals surface area contributed by atoms with Crippen LogP contribution >= 0.6 is 11.3 Å². The first-order valence-corrected chi connectivity index (χ1v) is 10.8. The number of aromatic nitrogens is 2. The average Bonchev–Trinajstić information content (AvgIpc) is 3.37. The van der Waals surface area contributed by atoms with Gasteiger partial charge in [-0.3, -0.25) is 14.2 Å². The number of carbonyl (C=O) groups excluding carboxylic acids is 2. The number of rotatable bonds is 6. The topological polar surface area (TPSA) is 99.5 Å². The summed E-state index contributed by atoms with van der Waals surface area (Å²) >= 11 is 1.14. The molecule has 1 aliphatic rings. The van der Waals surface area contributed by atoms with Gasteiger partial charge in [-0.2, -0.15) is 0 Å². The Labute approximate surface area is 182 Å². The molecule has 0 spiro atoms. The third kappa shape index (κ3) is 4.05. The SMILES string of the molecule is COc1ccc(CNC(=O)[C@@H](C)OC(=O)c2sc3nc4n(c(=O)c3c2C)CCC4)cc1. The lowest BCUT2D eigenvalue weighted by molar-refractivity contribution is -0.129. The van der Waals surface area contributed by atoms with Gasteiger partial charge in [0.15, 0.2) is 6.10 Å². The van der Waals surface area contributed by atoms with Gasteiger partial charge in [0.2, 0.25) is 0 Å². The maximum absolute atomic E-state index is 12.8. The van der Waals surface area contributed by atoms with Gasteiger partial charge in [-0.05, 0) is 43.5 Å². The zero-order valence-electron chi connectivity index (χ0n) is 17.6. The van der Waals surface area contributed by atoms with E-state index in [0.717, 1.165) is 41.3 Å². The van der Waals surface area contributed by atoms with E-state index < -0.39 is 18.0 Å². The third-order valence-corrected chi connectivity index (χ3v) is 6.54. The Hall–Kier alpha value is -3.20. The number of esters is 1. The first kappa shape index (κ1) is 21.0. The summed E-state index contributed by atoms with van der Waals surface area (Å²) in [5.41, 5.74) is 1.33. The molecule has 8 nitrogen and oxygen atoms in total. The van der Waals surface area contributed by atoms with Gasteiger partial charge in [-0.1, -0.05) is 12.1 Å². The predicted octanol–water partition coefficient (Wildman–Crippen LogP) is 2.58. The molecule has 1 aliphatic heterocycles. The molecule has 0 fully saturated rings. The van der Waals surface area contributed by atoms with E-state index in [-0.39, 0.29) is 5.56 Å². The second-order valence-electron chi connectivity index (χ2n) is 7.44. The molecule has 0 saturated carbocycles. The first-order valence-electron chi connectivity index (χ1n) is 10.0. The number of ether oxygens (including phenoxy) is 2. The van der Waals surface area contributed by atoms with Crippen LogP contribution in [0.3, 0.4) is 0 Å². The van der Waals surface area contributed by atoms with Crippen molar-refractivity contribution in [3.8, 4) is 5.75 Å². The fraction of sp³-hybridized carbons (Fsp3) is 0.364. The molecule has 1 aromatic carbocycles. The second-order valence-corrected chi connectivity index (χ2v) is 8.44. The van der Waals surface area contributed by atoms with Gasteiger partial charge in [-0.15, -0.1) is 11.3 Å². The second kappa shape index (κ2) is 8.50. The van der Waals surface area contributed by atoms with Crippen molar-refractivity contribution in [2.24, 2.45) is 0 Å². The Kier molecular flexibility index (Phi) is 5.77. The quantitative estimate of drug-likeness (QED) is 0.591. The van der Waals surface area contributed by atoms with E-state index in [1.54, 1.807) is 18.6 Å². The van der Waals surface area contributed by atoms with Gasteiger partial charge < -0.3 is 14.8 Å². The van der Waals surface area contributed by atoms with Crippen LogP contribution in [0.5, 0.6) is 5.75 Å². The molecular weight excluding hydrogens is 418 g/mol. The lowest BCUT2D eigenvalue weighted by atomic mass is 10.2. The minimum absolute atomic E-state index is 0.115. The van der Waals surface area contributed by atoms with Crippen LogP contribution in [0.25, 0.3) is 10.2 Å². The number of hydrogen-bond donors (Lipinski definition) is 1. The highest BCUT2D eigenvalue weighted by Gasteiger charge is 2.26. The molecule has 1 amide bonds. The number of fused-ring (bicyclic) bond motifs is 2. The number of methoxy groups -OCH3 is 1. The fourth-order valence-electron chi connectivity index (χ4n) is 3.61. The largest absolute Gasteiger partial charge is 0.497 e. The van der Waals surface area contributed by atoms with E-state index >= 15 is 0 Å². The molecule has 9 heteroatoms. The standard InChI is InChI=1S/C22H23N3O5S/c1-12-17-20(24-16-5-4-10-25(16)21(17)27)31-18(12)22(28)30-13(2)19(26)23-11-14-6-8-15(29-3)9-7-14/h6-9,13H,4-5,10-11H2,1-3H3,(H,23,26)/t13-/m1/s1. The Morgan fingerprint density at radius 3 is 2.74 bits per heavy atom. The van der Waals surface area contributed by atoms with Crippen LogP contribution in [0.4, 0.5) is 0 Å². The number of thiophene rings is 1. The van der Waals surface area contributed by atoms with E-state index in [4.69, 9.17) is 9.47 Å². The van der Waals surface area contributed by atoms with Crippen molar-refractivity contribution in [1.29, 1.82) is 0 Å². The lowest BCUT2D eigenvalue weighted by Crippen LogP contribution is -2.35. The zero-order chi connectivity index (χ0) is 22.1. The maximum atomic E-state index is 12.8. The molecule has 31 heavy (non-hydrogen) atoms. The van der Waals surface area contributed by atoms with E-state index in [0.29, 0.717) is 33.7 Å². The molecule has 0 saturated heterocycles. The fourth-order valence-corrected chi connectivity index (χ4v) is 4.69. The highest BCUT2D eigenvalue weighted by molar-refractivity contribution is 7.20. The van der Waals surface area contributed by atoms with E-state index in [1.807, 2.05) is 24.3 Å². The van der Waals surface area contributed by atoms with Crippen LogP contribution in [0, 0.1) is 6.92 Å². The van der Waals surface area contributed by atoms with Crippen LogP contribution in [-0.2, 0) is 29.0 Å². The molecule has 1 atom stereocenters. The molecule has 4 rings (SSSR count). The minimum atomic E-state index is -0.977. The Morgan fingerprint density at radius 2 is 2.03 bits per heavy atom. The molecule has 1 N–H and O–H groups in total. The normalized spacial score (nSPS) is 13.6. The Morgan fingerprint density at radius 1 is 1.29 bits per heavy atom. The number of hydrogen-bond acceptors (Lipinski definition) is 7. The number of aryl methyl sites for hydroxylation is 2. The zero-order valence-corrected chi connectivity index (χ0v) is 18.4. The number of nitrogens with one attached hydrogen (secondary N) is 1. The van der Waals surface area contributed by atoms with Crippen molar-refractivity contribution < 1.29 is 19.1 Å².